The Labute approximate surface area is 158 Å². The van der Waals surface area contributed by atoms with Crippen LogP contribution in [0.4, 0.5) is 11.9 Å². The van der Waals surface area contributed by atoms with Crippen LogP contribution in [0.2, 0.25) is 0 Å². The number of nitrogens with two attached hydrogens (primary N) is 1. The molecule has 0 aliphatic carbocycles. The van der Waals surface area contributed by atoms with E-state index in [1.165, 1.54) is 0 Å². The molecule has 0 bridgehead atoms. The highest BCUT2D eigenvalue weighted by Crippen LogP contribution is 2.28. The molecular formula is C17H23BN8O. The van der Waals surface area contributed by atoms with Gasteiger partial charge in [-0.15, -0.1) is 0 Å². The summed E-state index contributed by atoms with van der Waals surface area (Å²) in [6.07, 6.45) is 4.36. The molecule has 1 atom stereocenters. The average molecular weight is 366 g/mol. The fourth-order valence-corrected chi connectivity index (χ4v) is 3.35. The number of nitrogen functional groups attached to an aromatic ring is 1. The predicted molar refractivity (Wildman–Crippen MR) is 107 cm³/mol. The predicted octanol–water partition coefficient (Wildman–Crippen LogP) is -0.0685. The first kappa shape index (κ1) is 17.7. The van der Waals surface area contributed by atoms with E-state index in [1.807, 2.05) is 7.85 Å². The molecule has 10 heteroatoms. The Morgan fingerprint density at radius 3 is 2.56 bits per heavy atom. The Kier molecular flexibility index (Phi) is 4.65. The van der Waals surface area contributed by atoms with Crippen molar-refractivity contribution in [1.29, 1.82) is 0 Å². The molecule has 0 saturated carbocycles. The fourth-order valence-electron chi connectivity index (χ4n) is 3.35. The van der Waals surface area contributed by atoms with E-state index in [0.717, 1.165) is 47.7 Å². The quantitative estimate of drug-likeness (QED) is 0.640. The van der Waals surface area contributed by atoms with Crippen molar-refractivity contribution >= 4 is 36.6 Å². The second-order valence-electron chi connectivity index (χ2n) is 6.76. The second kappa shape index (κ2) is 7.11. The van der Waals surface area contributed by atoms with Crippen LogP contribution in [0.1, 0.15) is 26.3 Å². The van der Waals surface area contributed by atoms with Crippen molar-refractivity contribution in [3.8, 4) is 11.3 Å². The minimum absolute atomic E-state index is 0.235. The summed E-state index contributed by atoms with van der Waals surface area (Å²) in [7, 11) is 2.01. The number of anilines is 2. The van der Waals surface area contributed by atoms with E-state index in [0.29, 0.717) is 19.2 Å². The minimum atomic E-state index is 0.235. The molecule has 1 saturated heterocycles. The summed E-state index contributed by atoms with van der Waals surface area (Å²) < 4.78 is 7.65. The number of nitrogens with zero attached hydrogens (tertiary/aromatic N) is 7. The molecule has 140 valence electrons. The van der Waals surface area contributed by atoms with Gasteiger partial charge in [0.15, 0.2) is 13.5 Å². The van der Waals surface area contributed by atoms with Gasteiger partial charge in [0, 0.05) is 37.1 Å². The Balaban J connectivity index is 1.95. The third kappa shape index (κ3) is 3.20. The first-order valence-electron chi connectivity index (χ1n) is 9.25. The van der Waals surface area contributed by atoms with Crippen molar-refractivity contribution in [2.75, 3.05) is 36.9 Å². The van der Waals surface area contributed by atoms with Crippen molar-refractivity contribution < 1.29 is 4.74 Å². The van der Waals surface area contributed by atoms with Crippen LogP contribution in [0, 0.1) is 0 Å². The Bertz CT molecular complexity index is 952. The summed E-state index contributed by atoms with van der Waals surface area (Å²) in [5.74, 6) is 0.917. The SMILES string of the molecule is Bc1nc2c(-c3cnc(N)nc3)nc(N3CCOCC3)nc2n1C(C)CC. The second-order valence-corrected chi connectivity index (χ2v) is 6.76. The standard InChI is InChI=1S/C17H23BN8O/c1-3-10(2)26-14-13(22-15(26)18)12(11-8-20-16(19)21-9-11)23-17(24-14)25-4-6-27-7-5-25/h8-10H,3-7,18H2,1-2H3,(H2,19,20,21). The minimum Gasteiger partial charge on any atom is -0.378 e. The summed E-state index contributed by atoms with van der Waals surface area (Å²) in [5, 5.41) is 0. The first-order chi connectivity index (χ1) is 13.1. The molecule has 0 spiro atoms. The lowest BCUT2D eigenvalue weighted by Crippen LogP contribution is -2.37. The zero-order valence-corrected chi connectivity index (χ0v) is 15.9. The highest BCUT2D eigenvalue weighted by Gasteiger charge is 2.22. The highest BCUT2D eigenvalue weighted by atomic mass is 16.5. The third-order valence-corrected chi connectivity index (χ3v) is 4.98. The van der Waals surface area contributed by atoms with Gasteiger partial charge in [0.1, 0.15) is 11.2 Å². The van der Waals surface area contributed by atoms with Crippen LogP contribution in [0.5, 0.6) is 0 Å². The zero-order chi connectivity index (χ0) is 19.0. The van der Waals surface area contributed by atoms with Gasteiger partial charge in [0.05, 0.1) is 18.9 Å². The summed E-state index contributed by atoms with van der Waals surface area (Å²) in [5.41, 5.74) is 9.68. The monoisotopic (exact) mass is 366 g/mol. The van der Waals surface area contributed by atoms with Crippen LogP contribution in [0.25, 0.3) is 22.4 Å². The van der Waals surface area contributed by atoms with Gasteiger partial charge in [-0.1, -0.05) is 6.92 Å². The van der Waals surface area contributed by atoms with E-state index < -0.39 is 0 Å². The molecule has 0 aromatic carbocycles. The van der Waals surface area contributed by atoms with Crippen molar-refractivity contribution in [3.05, 3.63) is 12.4 Å². The largest absolute Gasteiger partial charge is 0.378 e. The van der Waals surface area contributed by atoms with E-state index in [-0.39, 0.29) is 12.0 Å². The number of imidazole rings is 1. The number of rotatable bonds is 4. The molecule has 1 aliphatic heterocycles. The third-order valence-electron chi connectivity index (χ3n) is 4.98. The summed E-state index contributed by atoms with van der Waals surface area (Å²) in [6, 6.07) is 0.290. The molecule has 4 rings (SSSR count). The zero-order valence-electron chi connectivity index (χ0n) is 15.9. The van der Waals surface area contributed by atoms with Gasteiger partial charge in [0.2, 0.25) is 11.9 Å². The van der Waals surface area contributed by atoms with Crippen LogP contribution in [-0.2, 0) is 4.74 Å². The highest BCUT2D eigenvalue weighted by molar-refractivity contribution is 6.30. The summed E-state index contributed by atoms with van der Waals surface area (Å²) in [4.78, 5) is 24.9. The van der Waals surface area contributed by atoms with Crippen molar-refractivity contribution in [1.82, 2.24) is 29.5 Å². The van der Waals surface area contributed by atoms with Gasteiger partial charge in [-0.05, 0) is 13.3 Å². The average Bonchev–Trinajstić information content (AvgIpc) is 3.04. The molecule has 1 unspecified atom stereocenters. The van der Waals surface area contributed by atoms with Gasteiger partial charge >= 0.3 is 0 Å². The summed E-state index contributed by atoms with van der Waals surface area (Å²) in [6.45, 7) is 7.21. The molecule has 3 aromatic rings. The van der Waals surface area contributed by atoms with Crippen LogP contribution in [-0.4, -0.2) is 63.6 Å². The number of aromatic nitrogens is 6. The maximum atomic E-state index is 5.65. The van der Waals surface area contributed by atoms with E-state index in [9.17, 15) is 0 Å². The molecule has 2 N–H and O–H groups in total. The smallest absolute Gasteiger partial charge is 0.228 e. The lowest BCUT2D eigenvalue weighted by atomic mass is 10.1. The van der Waals surface area contributed by atoms with E-state index in [4.69, 9.17) is 25.4 Å². The Morgan fingerprint density at radius 1 is 1.19 bits per heavy atom. The molecule has 1 aliphatic rings. The maximum absolute atomic E-state index is 5.65. The van der Waals surface area contributed by atoms with Gasteiger partial charge in [0.25, 0.3) is 0 Å². The molecule has 1 fully saturated rings. The lowest BCUT2D eigenvalue weighted by molar-refractivity contribution is 0.122. The van der Waals surface area contributed by atoms with Crippen LogP contribution in [0.3, 0.4) is 0 Å². The number of hydrogen-bond donors (Lipinski definition) is 1. The Hall–Kier alpha value is -2.75. The van der Waals surface area contributed by atoms with E-state index in [2.05, 4.69) is 33.3 Å². The lowest BCUT2D eigenvalue weighted by Gasteiger charge is -2.27. The van der Waals surface area contributed by atoms with Gasteiger partial charge in [-0.25, -0.2) is 19.9 Å². The molecule has 4 heterocycles. The van der Waals surface area contributed by atoms with Gasteiger partial charge < -0.3 is 19.9 Å². The number of ether oxygens (including phenoxy) is 1. The normalized spacial score (nSPS) is 16.0. The molecule has 9 nitrogen and oxygen atoms in total. The topological polar surface area (TPSA) is 108 Å². The first-order valence-corrected chi connectivity index (χ1v) is 9.25. The number of hydrogen-bond acceptors (Lipinski definition) is 8. The van der Waals surface area contributed by atoms with Crippen LogP contribution >= 0.6 is 0 Å². The van der Waals surface area contributed by atoms with Gasteiger partial charge in [-0.2, -0.15) is 4.98 Å². The molecular weight excluding hydrogens is 343 g/mol. The van der Waals surface area contributed by atoms with Gasteiger partial charge in [-0.3, -0.25) is 0 Å². The van der Waals surface area contributed by atoms with Crippen LogP contribution < -0.4 is 16.4 Å². The molecule has 0 amide bonds. The molecule has 0 radical (unpaired) electrons. The number of fused-ring (bicyclic) bond motifs is 1. The van der Waals surface area contributed by atoms with E-state index in [1.54, 1.807) is 12.4 Å². The van der Waals surface area contributed by atoms with Crippen molar-refractivity contribution in [2.24, 2.45) is 0 Å². The molecule has 3 aromatic heterocycles. The summed E-state index contributed by atoms with van der Waals surface area (Å²) >= 11 is 0. The van der Waals surface area contributed by atoms with E-state index >= 15 is 0 Å². The van der Waals surface area contributed by atoms with Crippen molar-refractivity contribution in [3.63, 3.8) is 0 Å². The fraction of sp³-hybridized carbons (Fsp3) is 0.471. The van der Waals surface area contributed by atoms with Crippen LogP contribution in [0.15, 0.2) is 12.4 Å². The maximum Gasteiger partial charge on any atom is 0.228 e. The molecule has 27 heavy (non-hydrogen) atoms. The number of morpholine rings is 1. The Morgan fingerprint density at radius 2 is 1.89 bits per heavy atom. The van der Waals surface area contributed by atoms with Crippen molar-refractivity contribution in [2.45, 2.75) is 26.3 Å².